The number of hydrogen-bond acceptors (Lipinski definition) is 3. The molecule has 0 aliphatic carbocycles. The standard InChI is InChI=1S/C15H14N4O/c1-9-8-11(6-7-16-9)19-15(20)12-4-3-5-13-14(12)18-10(2)17-13/h3-8H,1-2H3,(H,17,18)(H,16,19,20). The van der Waals surface area contributed by atoms with Gasteiger partial charge in [0.1, 0.15) is 11.3 Å². The number of hydrogen-bond donors (Lipinski definition) is 2. The van der Waals surface area contributed by atoms with Crippen molar-refractivity contribution < 1.29 is 4.79 Å². The molecule has 0 aliphatic rings. The fraction of sp³-hybridized carbons (Fsp3) is 0.133. The van der Waals surface area contributed by atoms with E-state index in [1.54, 1.807) is 18.3 Å². The lowest BCUT2D eigenvalue weighted by Crippen LogP contribution is -2.12. The van der Waals surface area contributed by atoms with E-state index in [4.69, 9.17) is 0 Å². The summed E-state index contributed by atoms with van der Waals surface area (Å²) < 4.78 is 0. The van der Waals surface area contributed by atoms with Crippen LogP contribution in [0.25, 0.3) is 11.0 Å². The van der Waals surface area contributed by atoms with Crippen LogP contribution in [0.15, 0.2) is 36.5 Å². The number of rotatable bonds is 2. The Bertz CT molecular complexity index is 791. The van der Waals surface area contributed by atoms with Gasteiger partial charge in [-0.05, 0) is 38.1 Å². The van der Waals surface area contributed by atoms with Crippen molar-refractivity contribution in [1.82, 2.24) is 15.0 Å². The van der Waals surface area contributed by atoms with Gasteiger partial charge in [-0.25, -0.2) is 4.98 Å². The number of para-hydroxylation sites is 1. The number of benzene rings is 1. The second-order valence-corrected chi connectivity index (χ2v) is 4.66. The first-order valence-corrected chi connectivity index (χ1v) is 6.33. The minimum Gasteiger partial charge on any atom is -0.342 e. The molecule has 2 heterocycles. The zero-order chi connectivity index (χ0) is 14.1. The molecule has 1 aromatic carbocycles. The van der Waals surface area contributed by atoms with Crippen LogP contribution in [0.5, 0.6) is 0 Å². The Morgan fingerprint density at radius 2 is 2.10 bits per heavy atom. The molecule has 0 radical (unpaired) electrons. The molecule has 0 bridgehead atoms. The summed E-state index contributed by atoms with van der Waals surface area (Å²) in [5.74, 6) is 0.618. The lowest BCUT2D eigenvalue weighted by atomic mass is 10.1. The van der Waals surface area contributed by atoms with Crippen LogP contribution < -0.4 is 5.32 Å². The van der Waals surface area contributed by atoms with Crippen LogP contribution in [0, 0.1) is 13.8 Å². The summed E-state index contributed by atoms with van der Waals surface area (Å²) in [6, 6.07) is 9.11. The Hall–Kier alpha value is -2.69. The summed E-state index contributed by atoms with van der Waals surface area (Å²) in [5.41, 5.74) is 3.69. The summed E-state index contributed by atoms with van der Waals surface area (Å²) in [4.78, 5) is 24.0. The molecule has 0 fully saturated rings. The van der Waals surface area contributed by atoms with Crippen molar-refractivity contribution in [2.75, 3.05) is 5.32 Å². The summed E-state index contributed by atoms with van der Waals surface area (Å²) in [7, 11) is 0. The predicted octanol–water partition coefficient (Wildman–Crippen LogP) is 2.83. The number of carbonyl (C=O) groups is 1. The third-order valence-corrected chi connectivity index (χ3v) is 3.03. The van der Waals surface area contributed by atoms with E-state index in [1.807, 2.05) is 32.0 Å². The van der Waals surface area contributed by atoms with Crippen molar-refractivity contribution in [3.8, 4) is 0 Å². The number of carbonyl (C=O) groups excluding carboxylic acids is 1. The van der Waals surface area contributed by atoms with Crippen molar-refractivity contribution in [2.45, 2.75) is 13.8 Å². The molecule has 1 amide bonds. The van der Waals surface area contributed by atoms with E-state index >= 15 is 0 Å². The highest BCUT2D eigenvalue weighted by atomic mass is 16.1. The number of aryl methyl sites for hydroxylation is 2. The molecule has 0 aliphatic heterocycles. The number of H-pyrrole nitrogens is 1. The highest BCUT2D eigenvalue weighted by molar-refractivity contribution is 6.11. The van der Waals surface area contributed by atoms with Gasteiger partial charge in [0.2, 0.25) is 0 Å². The normalized spacial score (nSPS) is 10.7. The molecule has 0 saturated carbocycles. The van der Waals surface area contributed by atoms with Crippen molar-refractivity contribution in [3.05, 3.63) is 53.6 Å². The number of aromatic nitrogens is 3. The lowest BCUT2D eigenvalue weighted by molar-refractivity contribution is 0.102. The molecular weight excluding hydrogens is 252 g/mol. The number of amides is 1. The van der Waals surface area contributed by atoms with Gasteiger partial charge in [0.15, 0.2) is 0 Å². The number of anilines is 1. The topological polar surface area (TPSA) is 70.7 Å². The van der Waals surface area contributed by atoms with Gasteiger partial charge in [0.25, 0.3) is 5.91 Å². The van der Waals surface area contributed by atoms with Crippen LogP contribution >= 0.6 is 0 Å². The molecule has 0 saturated heterocycles. The SMILES string of the molecule is Cc1cc(NC(=O)c2cccc3[nH]c(C)nc23)ccn1. The van der Waals surface area contributed by atoms with E-state index in [0.29, 0.717) is 11.1 Å². The van der Waals surface area contributed by atoms with Crippen LogP contribution in [0.2, 0.25) is 0 Å². The van der Waals surface area contributed by atoms with Crippen LogP contribution in [0.1, 0.15) is 21.9 Å². The minimum absolute atomic E-state index is 0.173. The van der Waals surface area contributed by atoms with Gasteiger partial charge in [-0.15, -0.1) is 0 Å². The maximum Gasteiger partial charge on any atom is 0.257 e. The third kappa shape index (κ3) is 2.25. The fourth-order valence-corrected chi connectivity index (χ4v) is 2.16. The first-order chi connectivity index (χ1) is 9.63. The van der Waals surface area contributed by atoms with E-state index < -0.39 is 0 Å². The maximum absolute atomic E-state index is 12.4. The highest BCUT2D eigenvalue weighted by Crippen LogP contribution is 2.18. The molecule has 5 nitrogen and oxygen atoms in total. The molecule has 20 heavy (non-hydrogen) atoms. The maximum atomic E-state index is 12.4. The number of imidazole rings is 1. The van der Waals surface area contributed by atoms with Crippen LogP contribution in [-0.2, 0) is 0 Å². The van der Waals surface area contributed by atoms with Crippen LogP contribution in [0.3, 0.4) is 0 Å². The number of nitrogens with one attached hydrogen (secondary N) is 2. The third-order valence-electron chi connectivity index (χ3n) is 3.03. The quantitative estimate of drug-likeness (QED) is 0.749. The van der Waals surface area contributed by atoms with E-state index in [1.165, 1.54) is 0 Å². The Balaban J connectivity index is 1.96. The van der Waals surface area contributed by atoms with Gasteiger partial charge < -0.3 is 10.3 Å². The Labute approximate surface area is 116 Å². The fourth-order valence-electron chi connectivity index (χ4n) is 2.16. The minimum atomic E-state index is -0.173. The second kappa shape index (κ2) is 4.77. The largest absolute Gasteiger partial charge is 0.342 e. The van der Waals surface area contributed by atoms with Crippen LogP contribution in [0.4, 0.5) is 5.69 Å². The lowest BCUT2D eigenvalue weighted by Gasteiger charge is -2.06. The molecule has 0 unspecified atom stereocenters. The van der Waals surface area contributed by atoms with Gasteiger partial charge in [-0.1, -0.05) is 6.07 Å². The number of pyridine rings is 1. The number of nitrogens with zero attached hydrogens (tertiary/aromatic N) is 2. The molecule has 3 aromatic rings. The average Bonchev–Trinajstić information content (AvgIpc) is 2.78. The van der Waals surface area contributed by atoms with Crippen molar-refractivity contribution in [3.63, 3.8) is 0 Å². The van der Waals surface area contributed by atoms with Crippen molar-refractivity contribution in [2.24, 2.45) is 0 Å². The van der Waals surface area contributed by atoms with Crippen molar-refractivity contribution >= 4 is 22.6 Å². The molecule has 2 N–H and O–H groups in total. The zero-order valence-corrected chi connectivity index (χ0v) is 11.3. The predicted molar refractivity (Wildman–Crippen MR) is 77.8 cm³/mol. The summed E-state index contributed by atoms with van der Waals surface area (Å²) in [6.07, 6.45) is 1.67. The van der Waals surface area contributed by atoms with Gasteiger partial charge in [0.05, 0.1) is 11.1 Å². The van der Waals surface area contributed by atoms with Gasteiger partial charge in [-0.3, -0.25) is 9.78 Å². The molecular formula is C15H14N4O. The second-order valence-electron chi connectivity index (χ2n) is 4.66. The monoisotopic (exact) mass is 266 g/mol. The summed E-state index contributed by atoms with van der Waals surface area (Å²) in [6.45, 7) is 3.75. The molecule has 5 heteroatoms. The van der Waals surface area contributed by atoms with E-state index in [2.05, 4.69) is 20.3 Å². The molecule has 0 spiro atoms. The van der Waals surface area contributed by atoms with E-state index in [0.717, 1.165) is 22.7 Å². The smallest absolute Gasteiger partial charge is 0.257 e. The van der Waals surface area contributed by atoms with Crippen molar-refractivity contribution in [1.29, 1.82) is 0 Å². The molecule has 100 valence electrons. The van der Waals surface area contributed by atoms with Crippen LogP contribution in [-0.4, -0.2) is 20.9 Å². The number of fused-ring (bicyclic) bond motifs is 1. The highest BCUT2D eigenvalue weighted by Gasteiger charge is 2.13. The molecule has 0 atom stereocenters. The Morgan fingerprint density at radius 1 is 1.25 bits per heavy atom. The Morgan fingerprint density at radius 3 is 2.90 bits per heavy atom. The number of aromatic amines is 1. The van der Waals surface area contributed by atoms with Gasteiger partial charge in [-0.2, -0.15) is 0 Å². The molecule has 3 rings (SSSR count). The molecule has 2 aromatic heterocycles. The average molecular weight is 266 g/mol. The summed E-state index contributed by atoms with van der Waals surface area (Å²) in [5, 5.41) is 2.87. The summed E-state index contributed by atoms with van der Waals surface area (Å²) >= 11 is 0. The first kappa shape index (κ1) is 12.3. The van der Waals surface area contributed by atoms with E-state index in [9.17, 15) is 4.79 Å². The first-order valence-electron chi connectivity index (χ1n) is 6.33. The van der Waals surface area contributed by atoms with Gasteiger partial charge >= 0.3 is 0 Å². The van der Waals surface area contributed by atoms with Gasteiger partial charge in [0, 0.05) is 17.6 Å². The van der Waals surface area contributed by atoms with E-state index in [-0.39, 0.29) is 5.91 Å². The Kier molecular flexibility index (Phi) is 2.95. The zero-order valence-electron chi connectivity index (χ0n) is 11.3.